The summed E-state index contributed by atoms with van der Waals surface area (Å²) in [4.78, 5) is 17.8. The largest absolute Gasteiger partial charge is 0.375 e. The third kappa shape index (κ3) is 3.63. The minimum absolute atomic E-state index is 0.0300. The Morgan fingerprint density at radius 2 is 2.03 bits per heavy atom. The first-order chi connectivity index (χ1) is 15.6. The summed E-state index contributed by atoms with van der Waals surface area (Å²) < 4.78 is 6.00. The Bertz CT molecular complexity index is 1210. The Kier molecular flexibility index (Phi) is 4.85. The summed E-state index contributed by atoms with van der Waals surface area (Å²) in [6.45, 7) is 0.741. The molecular weight excluding hydrogens is 422 g/mol. The van der Waals surface area contributed by atoms with Crippen LogP contribution in [-0.2, 0) is 16.0 Å². The fourth-order valence-corrected chi connectivity index (χ4v) is 5.51. The number of carbonyl (C=O) groups excluding carboxylic acids is 1. The normalized spacial score (nSPS) is 23.4. The Morgan fingerprint density at radius 3 is 2.84 bits per heavy atom. The van der Waals surface area contributed by atoms with E-state index in [4.69, 9.17) is 21.3 Å². The molecule has 2 fully saturated rings. The van der Waals surface area contributed by atoms with Crippen LogP contribution in [0.25, 0.3) is 22.0 Å². The highest BCUT2D eigenvalue weighted by atomic mass is 35.5. The van der Waals surface area contributed by atoms with Crippen LogP contribution in [0.1, 0.15) is 37.7 Å². The summed E-state index contributed by atoms with van der Waals surface area (Å²) in [7, 11) is 0. The second-order valence-electron chi connectivity index (χ2n) is 9.40. The molecule has 3 aliphatic rings. The van der Waals surface area contributed by atoms with E-state index >= 15 is 0 Å². The minimum Gasteiger partial charge on any atom is -0.375 e. The molecular formula is C26H26ClN3O2. The van der Waals surface area contributed by atoms with Crippen LogP contribution >= 0.6 is 11.6 Å². The fourth-order valence-electron chi connectivity index (χ4n) is 5.31. The van der Waals surface area contributed by atoms with Gasteiger partial charge in [-0.15, -0.1) is 0 Å². The number of nitrogens with zero attached hydrogens (tertiary/aromatic N) is 1. The quantitative estimate of drug-likeness (QED) is 0.585. The molecule has 3 aromatic rings. The van der Waals surface area contributed by atoms with Gasteiger partial charge in [0.1, 0.15) is 11.9 Å². The molecule has 2 N–H and O–H groups in total. The zero-order chi connectivity index (χ0) is 21.7. The molecule has 1 aromatic heterocycles. The number of benzene rings is 2. The maximum atomic E-state index is 13.0. The van der Waals surface area contributed by atoms with E-state index in [1.807, 2.05) is 24.3 Å². The zero-order valence-corrected chi connectivity index (χ0v) is 18.6. The van der Waals surface area contributed by atoms with E-state index < -0.39 is 0 Å². The number of fused-ring (bicyclic) bond motifs is 2. The lowest BCUT2D eigenvalue weighted by molar-refractivity contribution is -0.141. The molecule has 1 amide bonds. The van der Waals surface area contributed by atoms with Gasteiger partial charge in [0.15, 0.2) is 0 Å². The second kappa shape index (κ2) is 7.75. The molecule has 6 rings (SSSR count). The van der Waals surface area contributed by atoms with Crippen LogP contribution < -0.4 is 10.6 Å². The smallest absolute Gasteiger partial charge is 0.243 e. The molecule has 2 unspecified atom stereocenters. The number of halogens is 1. The SMILES string of the molecule is O=C(NC1CCOC2(CCC2)C1)C1Cc2cc3cc(-c4cccc(Cl)c4)ccc3nc2N1. The summed E-state index contributed by atoms with van der Waals surface area (Å²) in [6.07, 6.45) is 5.97. The van der Waals surface area contributed by atoms with Gasteiger partial charge in [-0.05, 0) is 79.1 Å². The maximum Gasteiger partial charge on any atom is 0.243 e. The van der Waals surface area contributed by atoms with Crippen molar-refractivity contribution in [1.29, 1.82) is 0 Å². The molecule has 5 nitrogen and oxygen atoms in total. The Balaban J connectivity index is 1.19. The summed E-state index contributed by atoms with van der Waals surface area (Å²) in [5.41, 5.74) is 4.22. The van der Waals surface area contributed by atoms with Gasteiger partial charge in [-0.2, -0.15) is 0 Å². The number of carbonyl (C=O) groups is 1. The van der Waals surface area contributed by atoms with Gasteiger partial charge in [-0.1, -0.05) is 29.8 Å². The number of pyridine rings is 1. The first kappa shape index (κ1) is 20.0. The van der Waals surface area contributed by atoms with Crippen LogP contribution in [0.2, 0.25) is 5.02 Å². The zero-order valence-electron chi connectivity index (χ0n) is 17.9. The van der Waals surface area contributed by atoms with Gasteiger partial charge >= 0.3 is 0 Å². The number of hydrogen-bond donors (Lipinski definition) is 2. The van der Waals surface area contributed by atoms with Crippen molar-refractivity contribution in [2.24, 2.45) is 0 Å². The number of hydrogen-bond acceptors (Lipinski definition) is 4. The van der Waals surface area contributed by atoms with Crippen molar-refractivity contribution in [1.82, 2.24) is 10.3 Å². The predicted molar refractivity (Wildman–Crippen MR) is 127 cm³/mol. The third-order valence-electron chi connectivity index (χ3n) is 7.21. The van der Waals surface area contributed by atoms with Gasteiger partial charge in [0.2, 0.25) is 5.91 Å². The lowest BCUT2D eigenvalue weighted by Gasteiger charge is -2.47. The van der Waals surface area contributed by atoms with Gasteiger partial charge in [-0.3, -0.25) is 4.79 Å². The van der Waals surface area contributed by atoms with Crippen molar-refractivity contribution in [3.05, 3.63) is 59.1 Å². The molecule has 2 aliphatic heterocycles. The van der Waals surface area contributed by atoms with Gasteiger partial charge in [0.25, 0.3) is 0 Å². The van der Waals surface area contributed by atoms with Gasteiger partial charge in [0.05, 0.1) is 11.1 Å². The average molecular weight is 448 g/mol. The van der Waals surface area contributed by atoms with E-state index in [0.717, 1.165) is 70.7 Å². The lowest BCUT2D eigenvalue weighted by atomic mass is 9.74. The molecule has 0 bridgehead atoms. The van der Waals surface area contributed by atoms with Crippen LogP contribution in [0.3, 0.4) is 0 Å². The first-order valence-electron chi connectivity index (χ1n) is 11.5. The van der Waals surface area contributed by atoms with Gasteiger partial charge in [-0.25, -0.2) is 4.98 Å². The van der Waals surface area contributed by atoms with Crippen LogP contribution in [0.4, 0.5) is 5.82 Å². The highest BCUT2D eigenvalue weighted by molar-refractivity contribution is 6.30. The molecule has 32 heavy (non-hydrogen) atoms. The van der Waals surface area contributed by atoms with Crippen LogP contribution in [-0.4, -0.2) is 35.2 Å². The second-order valence-corrected chi connectivity index (χ2v) is 9.83. The van der Waals surface area contributed by atoms with Crippen LogP contribution in [0.15, 0.2) is 48.5 Å². The van der Waals surface area contributed by atoms with Crippen molar-refractivity contribution >= 4 is 34.2 Å². The molecule has 2 aromatic carbocycles. The van der Waals surface area contributed by atoms with Gasteiger partial charge < -0.3 is 15.4 Å². The maximum absolute atomic E-state index is 13.0. The van der Waals surface area contributed by atoms with Gasteiger partial charge in [0, 0.05) is 29.5 Å². The van der Waals surface area contributed by atoms with E-state index in [1.54, 1.807) is 0 Å². The Morgan fingerprint density at radius 1 is 1.16 bits per heavy atom. The Hall–Kier alpha value is -2.63. The lowest BCUT2D eigenvalue weighted by Crippen LogP contribution is -2.53. The van der Waals surface area contributed by atoms with E-state index in [0.29, 0.717) is 6.42 Å². The highest BCUT2D eigenvalue weighted by Crippen LogP contribution is 2.42. The predicted octanol–water partition coefficient (Wildman–Crippen LogP) is 5.11. The molecule has 3 heterocycles. The van der Waals surface area contributed by atoms with Crippen LogP contribution in [0.5, 0.6) is 0 Å². The summed E-state index contributed by atoms with van der Waals surface area (Å²) in [5.74, 6) is 0.878. The standard InChI is InChI=1S/C26H26ClN3O2/c27-20-4-1-3-16(13-20)17-5-6-22-18(11-17)12-19-14-23(30-24(19)29-22)25(31)28-21-7-10-32-26(15-21)8-2-9-26/h1,3-6,11-13,21,23H,2,7-10,14-15H2,(H,28,31)(H,29,30). The molecule has 1 saturated carbocycles. The number of aromatic nitrogens is 1. The number of nitrogens with one attached hydrogen (secondary N) is 2. The van der Waals surface area contributed by atoms with Crippen molar-refractivity contribution in [2.45, 2.75) is 56.2 Å². The number of ether oxygens (including phenoxy) is 1. The molecule has 1 saturated heterocycles. The van der Waals surface area contributed by atoms with Crippen LogP contribution in [0, 0.1) is 0 Å². The summed E-state index contributed by atoms with van der Waals surface area (Å²) >= 11 is 6.17. The van der Waals surface area contributed by atoms with Crippen molar-refractivity contribution in [3.8, 4) is 11.1 Å². The topological polar surface area (TPSA) is 63.2 Å². The fraction of sp³-hybridized carbons (Fsp3) is 0.385. The highest BCUT2D eigenvalue weighted by Gasteiger charge is 2.43. The van der Waals surface area contributed by atoms with Crippen molar-refractivity contribution in [3.63, 3.8) is 0 Å². The monoisotopic (exact) mass is 447 g/mol. The summed E-state index contributed by atoms with van der Waals surface area (Å²) in [5, 5.41) is 8.41. The third-order valence-corrected chi connectivity index (χ3v) is 7.44. The van der Waals surface area contributed by atoms with Crippen molar-refractivity contribution < 1.29 is 9.53 Å². The van der Waals surface area contributed by atoms with E-state index in [-0.39, 0.29) is 23.6 Å². The van der Waals surface area contributed by atoms with E-state index in [1.165, 1.54) is 6.42 Å². The number of amides is 1. The summed E-state index contributed by atoms with van der Waals surface area (Å²) in [6, 6.07) is 16.2. The molecule has 6 heteroatoms. The molecule has 1 aliphatic carbocycles. The average Bonchev–Trinajstić information content (AvgIpc) is 3.19. The molecule has 1 spiro atoms. The number of rotatable bonds is 3. The van der Waals surface area contributed by atoms with E-state index in [9.17, 15) is 4.79 Å². The first-order valence-corrected chi connectivity index (χ1v) is 11.9. The Labute approximate surface area is 192 Å². The molecule has 2 atom stereocenters. The van der Waals surface area contributed by atoms with Crippen molar-refractivity contribution in [2.75, 3.05) is 11.9 Å². The molecule has 164 valence electrons. The minimum atomic E-state index is -0.276. The van der Waals surface area contributed by atoms with E-state index in [2.05, 4.69) is 34.9 Å². The molecule has 0 radical (unpaired) electrons. The number of anilines is 1.